The molecule has 0 saturated carbocycles. The van der Waals surface area contributed by atoms with Crippen LogP contribution >= 0.6 is 0 Å². The predicted molar refractivity (Wildman–Crippen MR) is 73.6 cm³/mol. The molecule has 0 bridgehead atoms. The fraction of sp³-hybridized carbons (Fsp3) is 0.733. The van der Waals surface area contributed by atoms with Gasteiger partial charge in [-0.15, -0.1) is 0 Å². The van der Waals surface area contributed by atoms with Crippen molar-refractivity contribution in [3.05, 3.63) is 17.5 Å². The number of nitrogens with zero attached hydrogens (tertiary/aromatic N) is 2. The lowest BCUT2D eigenvalue weighted by Crippen LogP contribution is -2.41. The highest BCUT2D eigenvalue weighted by atomic mass is 16.5. The monoisotopic (exact) mass is 264 g/mol. The van der Waals surface area contributed by atoms with Crippen LogP contribution in [0.15, 0.2) is 10.6 Å². The molecule has 2 rings (SSSR count). The molecule has 1 unspecified atom stereocenters. The van der Waals surface area contributed by atoms with Gasteiger partial charge in [-0.3, -0.25) is 4.79 Å². The molecule has 1 amide bonds. The van der Waals surface area contributed by atoms with Gasteiger partial charge in [-0.05, 0) is 19.8 Å². The Hall–Kier alpha value is -1.32. The second-order valence-corrected chi connectivity index (χ2v) is 6.48. The van der Waals surface area contributed by atoms with E-state index in [2.05, 4.69) is 5.16 Å². The topological polar surface area (TPSA) is 46.3 Å². The molecule has 2 heterocycles. The first-order valence-electron chi connectivity index (χ1n) is 7.14. The molecule has 4 heteroatoms. The van der Waals surface area contributed by atoms with Crippen LogP contribution in [-0.2, 0) is 4.79 Å². The van der Waals surface area contributed by atoms with Crippen LogP contribution in [0.3, 0.4) is 0 Å². The van der Waals surface area contributed by atoms with Gasteiger partial charge in [-0.1, -0.05) is 38.8 Å². The van der Waals surface area contributed by atoms with E-state index in [0.29, 0.717) is 0 Å². The van der Waals surface area contributed by atoms with E-state index in [1.807, 2.05) is 38.7 Å². The van der Waals surface area contributed by atoms with Gasteiger partial charge in [0.1, 0.15) is 11.5 Å². The van der Waals surface area contributed by atoms with E-state index < -0.39 is 0 Å². The molecule has 1 aromatic rings. The Morgan fingerprint density at radius 2 is 2.11 bits per heavy atom. The standard InChI is InChI=1S/C15H24N2O2/c1-11-10-12(16-19-11)13-8-6-5-7-9-17(13)14(18)15(2,3)4/h10,13H,5-9H2,1-4H3. The van der Waals surface area contributed by atoms with Crippen LogP contribution in [0.4, 0.5) is 0 Å². The predicted octanol–water partition coefficient (Wildman–Crippen LogP) is 3.47. The van der Waals surface area contributed by atoms with E-state index in [4.69, 9.17) is 4.52 Å². The zero-order valence-electron chi connectivity index (χ0n) is 12.4. The molecule has 1 aliphatic rings. The van der Waals surface area contributed by atoms with Crippen molar-refractivity contribution < 1.29 is 9.32 Å². The maximum atomic E-state index is 12.6. The number of hydrogen-bond donors (Lipinski definition) is 0. The number of carbonyl (C=O) groups is 1. The number of aryl methyl sites for hydroxylation is 1. The fourth-order valence-electron chi connectivity index (χ4n) is 2.63. The minimum Gasteiger partial charge on any atom is -0.361 e. The number of rotatable bonds is 1. The molecule has 0 radical (unpaired) electrons. The number of amides is 1. The lowest BCUT2D eigenvalue weighted by Gasteiger charge is -2.33. The smallest absolute Gasteiger partial charge is 0.228 e. The van der Waals surface area contributed by atoms with E-state index >= 15 is 0 Å². The van der Waals surface area contributed by atoms with Crippen LogP contribution in [0.2, 0.25) is 0 Å². The Kier molecular flexibility index (Phi) is 3.97. The van der Waals surface area contributed by atoms with Crippen molar-refractivity contribution in [1.29, 1.82) is 0 Å². The zero-order valence-corrected chi connectivity index (χ0v) is 12.4. The van der Waals surface area contributed by atoms with Gasteiger partial charge >= 0.3 is 0 Å². The summed E-state index contributed by atoms with van der Waals surface area (Å²) in [5, 5.41) is 4.13. The molecule has 0 N–H and O–H groups in total. The Balaban J connectivity index is 2.28. The van der Waals surface area contributed by atoms with Crippen LogP contribution in [-0.4, -0.2) is 22.5 Å². The van der Waals surface area contributed by atoms with E-state index in [1.54, 1.807) is 0 Å². The van der Waals surface area contributed by atoms with Crippen molar-refractivity contribution in [2.75, 3.05) is 6.54 Å². The third-order valence-electron chi connectivity index (χ3n) is 3.64. The summed E-state index contributed by atoms with van der Waals surface area (Å²) in [7, 11) is 0. The van der Waals surface area contributed by atoms with Gasteiger partial charge in [0.05, 0.1) is 6.04 Å². The van der Waals surface area contributed by atoms with Crippen LogP contribution in [0, 0.1) is 12.3 Å². The van der Waals surface area contributed by atoms with Crippen LogP contribution < -0.4 is 0 Å². The molecule has 1 aromatic heterocycles. The summed E-state index contributed by atoms with van der Waals surface area (Å²) in [6, 6.07) is 2.03. The van der Waals surface area contributed by atoms with Crippen molar-refractivity contribution in [3.8, 4) is 0 Å². The van der Waals surface area contributed by atoms with Gasteiger partial charge in [0.2, 0.25) is 5.91 Å². The maximum absolute atomic E-state index is 12.6. The SMILES string of the molecule is Cc1cc(C2CCCCCN2C(=O)C(C)(C)C)no1. The first-order chi connectivity index (χ1) is 8.89. The van der Waals surface area contributed by atoms with Crippen molar-refractivity contribution >= 4 is 5.91 Å². The van der Waals surface area contributed by atoms with Gasteiger partial charge in [0, 0.05) is 18.0 Å². The minimum atomic E-state index is -0.346. The molecule has 0 aromatic carbocycles. The van der Waals surface area contributed by atoms with Gasteiger partial charge < -0.3 is 9.42 Å². The molecule has 0 spiro atoms. The molecule has 4 nitrogen and oxygen atoms in total. The first-order valence-corrected chi connectivity index (χ1v) is 7.14. The maximum Gasteiger partial charge on any atom is 0.228 e. The lowest BCUT2D eigenvalue weighted by molar-refractivity contribution is -0.142. The number of likely N-dealkylation sites (tertiary alicyclic amines) is 1. The number of aromatic nitrogens is 1. The first kappa shape index (κ1) is 14.1. The summed E-state index contributed by atoms with van der Waals surface area (Å²) in [5.41, 5.74) is 0.554. The molecule has 0 aliphatic carbocycles. The van der Waals surface area contributed by atoms with Crippen LogP contribution in [0.25, 0.3) is 0 Å². The van der Waals surface area contributed by atoms with Gasteiger partial charge in [0.15, 0.2) is 0 Å². The largest absolute Gasteiger partial charge is 0.361 e. The molecule has 1 aliphatic heterocycles. The van der Waals surface area contributed by atoms with Gasteiger partial charge in [-0.25, -0.2) is 0 Å². The highest BCUT2D eigenvalue weighted by Gasteiger charge is 2.34. The second kappa shape index (κ2) is 5.35. The zero-order chi connectivity index (χ0) is 14.0. The highest BCUT2D eigenvalue weighted by molar-refractivity contribution is 5.82. The number of hydrogen-bond acceptors (Lipinski definition) is 3. The summed E-state index contributed by atoms with van der Waals surface area (Å²) in [6.07, 6.45) is 4.38. The van der Waals surface area contributed by atoms with Crippen molar-refractivity contribution in [2.45, 2.75) is 59.4 Å². The summed E-state index contributed by atoms with van der Waals surface area (Å²) in [6.45, 7) is 8.65. The third-order valence-corrected chi connectivity index (χ3v) is 3.64. The van der Waals surface area contributed by atoms with Gasteiger partial charge in [-0.2, -0.15) is 0 Å². The summed E-state index contributed by atoms with van der Waals surface area (Å²) in [4.78, 5) is 14.6. The van der Waals surface area contributed by atoms with E-state index in [-0.39, 0.29) is 17.4 Å². The molecular formula is C15H24N2O2. The quantitative estimate of drug-likeness (QED) is 0.780. The Morgan fingerprint density at radius 3 is 2.68 bits per heavy atom. The van der Waals surface area contributed by atoms with Crippen molar-refractivity contribution in [1.82, 2.24) is 10.1 Å². The van der Waals surface area contributed by atoms with E-state index in [9.17, 15) is 4.79 Å². The molecule has 19 heavy (non-hydrogen) atoms. The lowest BCUT2D eigenvalue weighted by atomic mass is 9.93. The van der Waals surface area contributed by atoms with Crippen molar-refractivity contribution in [3.63, 3.8) is 0 Å². The average Bonchev–Trinajstić information content (AvgIpc) is 2.62. The normalized spacial score (nSPS) is 21.3. The Bertz CT molecular complexity index is 445. The molecule has 106 valence electrons. The Labute approximate surface area is 115 Å². The fourth-order valence-corrected chi connectivity index (χ4v) is 2.63. The Morgan fingerprint density at radius 1 is 1.37 bits per heavy atom. The molecular weight excluding hydrogens is 240 g/mol. The van der Waals surface area contributed by atoms with Crippen LogP contribution in [0.5, 0.6) is 0 Å². The summed E-state index contributed by atoms with van der Waals surface area (Å²) >= 11 is 0. The van der Waals surface area contributed by atoms with E-state index in [0.717, 1.165) is 37.3 Å². The van der Waals surface area contributed by atoms with Crippen LogP contribution in [0.1, 0.15) is 64.0 Å². The second-order valence-electron chi connectivity index (χ2n) is 6.48. The molecule has 1 saturated heterocycles. The average molecular weight is 264 g/mol. The summed E-state index contributed by atoms with van der Waals surface area (Å²) < 4.78 is 5.18. The highest BCUT2D eigenvalue weighted by Crippen LogP contribution is 2.33. The summed E-state index contributed by atoms with van der Waals surface area (Å²) in [5.74, 6) is 1.02. The molecule has 1 fully saturated rings. The van der Waals surface area contributed by atoms with Crippen molar-refractivity contribution in [2.24, 2.45) is 5.41 Å². The van der Waals surface area contributed by atoms with E-state index in [1.165, 1.54) is 6.42 Å². The minimum absolute atomic E-state index is 0.0756. The van der Waals surface area contributed by atoms with Gasteiger partial charge in [0.25, 0.3) is 0 Å². The number of carbonyl (C=O) groups excluding carboxylic acids is 1. The third kappa shape index (κ3) is 3.17. The molecule has 1 atom stereocenters.